The molecule has 0 fully saturated rings. The van der Waals surface area contributed by atoms with Crippen LogP contribution in [-0.2, 0) is 4.79 Å². The summed E-state index contributed by atoms with van der Waals surface area (Å²) >= 11 is 1.44. The number of hydrogen-bond acceptors (Lipinski definition) is 6. The zero-order valence-electron chi connectivity index (χ0n) is 17.4. The highest BCUT2D eigenvalue weighted by Gasteiger charge is 2.44. The van der Waals surface area contributed by atoms with E-state index < -0.39 is 17.9 Å². The van der Waals surface area contributed by atoms with Gasteiger partial charge in [0.2, 0.25) is 5.91 Å². The number of benzene rings is 1. The Kier molecular flexibility index (Phi) is 5.65. The third-order valence-electron chi connectivity index (χ3n) is 5.21. The maximum Gasteiger partial charge on any atom is 0.262 e. The fourth-order valence-corrected chi connectivity index (χ4v) is 4.51. The van der Waals surface area contributed by atoms with Crippen molar-refractivity contribution in [3.05, 3.63) is 70.3 Å². The lowest BCUT2D eigenvalue weighted by Crippen LogP contribution is -2.52. The van der Waals surface area contributed by atoms with Crippen molar-refractivity contribution in [2.75, 3.05) is 0 Å². The number of nitrogens with one attached hydrogen (secondary N) is 1. The molecule has 0 bridgehead atoms. The molecule has 3 amide bonds. The van der Waals surface area contributed by atoms with Crippen molar-refractivity contribution in [3.63, 3.8) is 0 Å². The highest BCUT2D eigenvalue weighted by Crippen LogP contribution is 2.29. The van der Waals surface area contributed by atoms with Crippen LogP contribution in [0, 0.1) is 5.92 Å². The fraction of sp³-hybridized carbons (Fsp3) is 0.261. The van der Waals surface area contributed by atoms with Gasteiger partial charge in [0.25, 0.3) is 11.8 Å². The second-order valence-electron chi connectivity index (χ2n) is 7.76. The summed E-state index contributed by atoms with van der Waals surface area (Å²) in [5, 5.41) is 5.58. The second-order valence-corrected chi connectivity index (χ2v) is 8.65. The lowest BCUT2D eigenvalue weighted by molar-refractivity contribution is -0.127. The molecule has 4 rings (SSSR count). The molecule has 0 spiro atoms. The topological polar surface area (TPSA) is 92.3 Å². The zero-order chi connectivity index (χ0) is 22.1. The smallest absolute Gasteiger partial charge is 0.262 e. The Bertz CT molecular complexity index is 1110. The predicted molar refractivity (Wildman–Crippen MR) is 117 cm³/mol. The lowest BCUT2D eigenvalue weighted by atomic mass is 10.0. The average molecular weight is 435 g/mol. The second kappa shape index (κ2) is 8.39. The van der Waals surface area contributed by atoms with Crippen LogP contribution < -0.4 is 5.32 Å². The first kappa shape index (κ1) is 20.9. The van der Waals surface area contributed by atoms with Gasteiger partial charge in [0.05, 0.1) is 22.9 Å². The molecule has 0 saturated carbocycles. The predicted octanol–water partition coefficient (Wildman–Crippen LogP) is 3.70. The molecule has 158 valence electrons. The molecule has 1 aliphatic rings. The normalized spacial score (nSPS) is 15.2. The number of amides is 3. The summed E-state index contributed by atoms with van der Waals surface area (Å²) < 4.78 is 0. The quantitative estimate of drug-likeness (QED) is 0.597. The van der Waals surface area contributed by atoms with Gasteiger partial charge < -0.3 is 5.32 Å². The molecule has 2 unspecified atom stereocenters. The van der Waals surface area contributed by atoms with Crippen LogP contribution in [0.4, 0.5) is 0 Å². The van der Waals surface area contributed by atoms with Crippen molar-refractivity contribution in [2.45, 2.75) is 32.9 Å². The molecule has 31 heavy (non-hydrogen) atoms. The summed E-state index contributed by atoms with van der Waals surface area (Å²) in [5.74, 6) is -1.50. The zero-order valence-corrected chi connectivity index (χ0v) is 18.2. The van der Waals surface area contributed by atoms with E-state index in [1.54, 1.807) is 36.7 Å². The van der Waals surface area contributed by atoms with Crippen LogP contribution >= 0.6 is 11.3 Å². The average Bonchev–Trinajstić information content (AvgIpc) is 3.35. The number of aromatic nitrogens is 2. The van der Waals surface area contributed by atoms with Crippen molar-refractivity contribution in [1.29, 1.82) is 0 Å². The van der Waals surface area contributed by atoms with Crippen LogP contribution in [0.25, 0.3) is 11.3 Å². The van der Waals surface area contributed by atoms with Gasteiger partial charge in [-0.15, -0.1) is 11.3 Å². The van der Waals surface area contributed by atoms with Crippen molar-refractivity contribution in [3.8, 4) is 11.3 Å². The molecule has 3 heterocycles. The minimum absolute atomic E-state index is 0.253. The number of imide groups is 1. The monoisotopic (exact) mass is 434 g/mol. The Morgan fingerprint density at radius 1 is 1.03 bits per heavy atom. The molecule has 0 aliphatic carbocycles. The lowest BCUT2D eigenvalue weighted by Gasteiger charge is -2.29. The Labute approximate surface area is 184 Å². The molecule has 2 atom stereocenters. The largest absolute Gasteiger partial charge is 0.345 e. The Hall–Kier alpha value is -3.39. The molecular weight excluding hydrogens is 412 g/mol. The fourth-order valence-electron chi connectivity index (χ4n) is 3.67. The van der Waals surface area contributed by atoms with E-state index in [1.807, 2.05) is 38.3 Å². The third kappa shape index (κ3) is 3.86. The van der Waals surface area contributed by atoms with Crippen molar-refractivity contribution < 1.29 is 14.4 Å². The Morgan fingerprint density at radius 3 is 2.29 bits per heavy atom. The van der Waals surface area contributed by atoms with E-state index in [1.165, 1.54) is 11.3 Å². The molecule has 7 nitrogen and oxygen atoms in total. The summed E-state index contributed by atoms with van der Waals surface area (Å²) in [4.78, 5) is 48.8. The molecule has 8 heteroatoms. The number of thiazole rings is 1. The number of carbonyl (C=O) groups excluding carboxylic acids is 3. The van der Waals surface area contributed by atoms with Crippen LogP contribution in [0.15, 0.2) is 54.2 Å². The highest BCUT2D eigenvalue weighted by atomic mass is 32.1. The Morgan fingerprint density at radius 2 is 1.71 bits per heavy atom. The first-order valence-corrected chi connectivity index (χ1v) is 10.9. The van der Waals surface area contributed by atoms with Gasteiger partial charge in [-0.05, 0) is 37.1 Å². The molecule has 0 saturated heterocycles. The first-order chi connectivity index (χ1) is 14.9. The highest BCUT2D eigenvalue weighted by molar-refractivity contribution is 7.10. The summed E-state index contributed by atoms with van der Waals surface area (Å²) in [6, 6.07) is 9.13. The number of nitrogens with zero attached hydrogens (tertiary/aromatic N) is 3. The van der Waals surface area contributed by atoms with Crippen molar-refractivity contribution in [1.82, 2.24) is 20.2 Å². The third-order valence-corrected chi connectivity index (χ3v) is 6.24. The van der Waals surface area contributed by atoms with E-state index in [9.17, 15) is 14.4 Å². The molecule has 0 radical (unpaired) electrons. The number of pyridine rings is 1. The van der Waals surface area contributed by atoms with Gasteiger partial charge in [-0.3, -0.25) is 24.3 Å². The maximum absolute atomic E-state index is 13.2. The standard InChI is InChI=1S/C23H22N4O3S/c1-13(2)19(27-22(29)16-8-4-5-9-17(16)23(27)30)20(28)25-14(3)21-26-18(12-31-21)15-7-6-10-24-11-15/h4-14,19H,1-3H3,(H,25,28). The van der Waals surface area contributed by atoms with Crippen LogP contribution in [0.1, 0.15) is 52.5 Å². The van der Waals surface area contributed by atoms with Crippen LogP contribution in [0.2, 0.25) is 0 Å². The summed E-state index contributed by atoms with van der Waals surface area (Å²) in [6.45, 7) is 5.48. The SMILES string of the molecule is CC(NC(=O)C(C(C)C)N1C(=O)c2ccccc2C1=O)c1nc(-c2cccnc2)cs1. The van der Waals surface area contributed by atoms with E-state index in [-0.39, 0.29) is 17.9 Å². The van der Waals surface area contributed by atoms with Gasteiger partial charge in [-0.2, -0.15) is 0 Å². The minimum atomic E-state index is -0.910. The maximum atomic E-state index is 13.2. The van der Waals surface area contributed by atoms with E-state index >= 15 is 0 Å². The molecular formula is C23H22N4O3S. The molecule has 1 aromatic carbocycles. The summed E-state index contributed by atoms with van der Waals surface area (Å²) in [7, 11) is 0. The van der Waals surface area contributed by atoms with Crippen molar-refractivity contribution >= 4 is 29.1 Å². The van der Waals surface area contributed by atoms with Crippen LogP contribution in [0.3, 0.4) is 0 Å². The summed E-state index contributed by atoms with van der Waals surface area (Å²) in [5.41, 5.74) is 2.35. The number of rotatable bonds is 6. The Balaban J connectivity index is 1.53. The number of carbonyl (C=O) groups is 3. The van der Waals surface area contributed by atoms with Gasteiger partial charge in [-0.25, -0.2) is 4.98 Å². The van der Waals surface area contributed by atoms with Gasteiger partial charge in [0.1, 0.15) is 11.0 Å². The first-order valence-electron chi connectivity index (χ1n) is 10.0. The van der Waals surface area contributed by atoms with Gasteiger partial charge >= 0.3 is 0 Å². The molecule has 1 N–H and O–H groups in total. The van der Waals surface area contributed by atoms with Gasteiger partial charge in [-0.1, -0.05) is 26.0 Å². The van der Waals surface area contributed by atoms with Gasteiger partial charge in [0, 0.05) is 23.3 Å². The van der Waals surface area contributed by atoms with E-state index in [0.29, 0.717) is 11.1 Å². The molecule has 3 aromatic rings. The van der Waals surface area contributed by atoms with Crippen molar-refractivity contribution in [2.24, 2.45) is 5.92 Å². The molecule has 2 aromatic heterocycles. The minimum Gasteiger partial charge on any atom is -0.345 e. The molecule has 1 aliphatic heterocycles. The number of hydrogen-bond donors (Lipinski definition) is 1. The number of fused-ring (bicyclic) bond motifs is 1. The van der Waals surface area contributed by atoms with Gasteiger partial charge in [0.15, 0.2) is 0 Å². The van der Waals surface area contributed by atoms with E-state index in [4.69, 9.17) is 0 Å². The summed E-state index contributed by atoms with van der Waals surface area (Å²) in [6.07, 6.45) is 3.43. The van der Waals surface area contributed by atoms with E-state index in [2.05, 4.69) is 15.3 Å². The van der Waals surface area contributed by atoms with Crippen LogP contribution in [-0.4, -0.2) is 38.6 Å². The van der Waals surface area contributed by atoms with E-state index in [0.717, 1.165) is 21.2 Å². The van der Waals surface area contributed by atoms with Crippen LogP contribution in [0.5, 0.6) is 0 Å².